The van der Waals surface area contributed by atoms with E-state index < -0.39 is 23.8 Å². The molecule has 1 saturated heterocycles. The lowest BCUT2D eigenvalue weighted by Gasteiger charge is -2.17. The number of nitrogens with one attached hydrogen (secondary N) is 3. The van der Waals surface area contributed by atoms with Gasteiger partial charge in [-0.1, -0.05) is 11.6 Å². The van der Waals surface area contributed by atoms with Gasteiger partial charge in [0.25, 0.3) is 17.7 Å². The van der Waals surface area contributed by atoms with Crippen molar-refractivity contribution < 1.29 is 19.2 Å². The van der Waals surface area contributed by atoms with Crippen LogP contribution in [0.15, 0.2) is 47.3 Å². The molecule has 0 aromatic carbocycles. The normalized spacial score (nSPS) is 15.3. The van der Waals surface area contributed by atoms with E-state index >= 15 is 0 Å². The molecule has 14 heteroatoms. The van der Waals surface area contributed by atoms with Crippen molar-refractivity contribution in [1.29, 1.82) is 0 Å². The smallest absolute Gasteiger partial charge is 0.274 e. The van der Waals surface area contributed by atoms with Gasteiger partial charge in [0.15, 0.2) is 11.5 Å². The molecule has 5 rings (SSSR count). The Morgan fingerprint density at radius 1 is 1.26 bits per heavy atom. The minimum absolute atomic E-state index is 0.0294. The third kappa shape index (κ3) is 4.24. The molecule has 178 valence electrons. The molecule has 5 heterocycles. The minimum atomic E-state index is -0.888. The molecule has 0 spiro atoms. The lowest BCUT2D eigenvalue weighted by Crippen LogP contribution is -2.42. The maximum atomic E-state index is 13.4. The number of nitrogens with zero attached hydrogens (tertiary/aromatic N) is 5. The first-order valence-electron chi connectivity index (χ1n) is 10.2. The van der Waals surface area contributed by atoms with Crippen LogP contribution in [0, 0.1) is 6.92 Å². The van der Waals surface area contributed by atoms with Gasteiger partial charge in [-0.05, 0) is 52.7 Å². The summed E-state index contributed by atoms with van der Waals surface area (Å²) < 4.78 is 3.06. The lowest BCUT2D eigenvalue weighted by atomic mass is 10.1. The highest BCUT2D eigenvalue weighted by molar-refractivity contribution is 9.10. The van der Waals surface area contributed by atoms with Crippen LogP contribution in [-0.4, -0.2) is 54.7 Å². The number of amides is 3. The predicted octanol–water partition coefficient (Wildman–Crippen LogP) is 2.05. The first-order chi connectivity index (χ1) is 16.8. The second-order valence-corrected chi connectivity index (χ2v) is 8.77. The van der Waals surface area contributed by atoms with Crippen LogP contribution in [0.1, 0.15) is 26.5 Å². The molecule has 4 aromatic heterocycles. The SMILES string of the molecule is Cc1cc2ccnn2c(C(=O)NC2CONC2=O)c1NC(=O)c1cc(Br)nn1-c1ncccc1Cl. The minimum Gasteiger partial charge on any atom is -0.337 e. The molecule has 0 bridgehead atoms. The van der Waals surface area contributed by atoms with Gasteiger partial charge in [-0.25, -0.2) is 19.7 Å². The Balaban J connectivity index is 1.55. The van der Waals surface area contributed by atoms with E-state index in [1.807, 2.05) is 0 Å². The van der Waals surface area contributed by atoms with Gasteiger partial charge >= 0.3 is 0 Å². The number of hydrogen-bond acceptors (Lipinski definition) is 7. The van der Waals surface area contributed by atoms with Gasteiger partial charge in [0.2, 0.25) is 0 Å². The average molecular weight is 560 g/mol. The van der Waals surface area contributed by atoms with Gasteiger partial charge in [0.1, 0.15) is 22.9 Å². The topological polar surface area (TPSA) is 145 Å². The number of hydrogen-bond donors (Lipinski definition) is 3. The number of anilines is 1. The molecule has 1 atom stereocenters. The van der Waals surface area contributed by atoms with Crippen LogP contribution in [0.4, 0.5) is 5.69 Å². The van der Waals surface area contributed by atoms with E-state index in [2.05, 4.69) is 47.2 Å². The van der Waals surface area contributed by atoms with Crippen molar-refractivity contribution in [3.8, 4) is 5.82 Å². The fourth-order valence-corrected chi connectivity index (χ4v) is 4.20. The number of aryl methyl sites for hydroxylation is 1. The van der Waals surface area contributed by atoms with E-state index in [0.717, 1.165) is 0 Å². The largest absolute Gasteiger partial charge is 0.337 e. The van der Waals surface area contributed by atoms with Gasteiger partial charge in [0.05, 0.1) is 22.4 Å². The molecule has 1 aliphatic heterocycles. The van der Waals surface area contributed by atoms with E-state index in [0.29, 0.717) is 20.7 Å². The highest BCUT2D eigenvalue weighted by Crippen LogP contribution is 2.26. The summed E-state index contributed by atoms with van der Waals surface area (Å²) in [7, 11) is 0. The lowest BCUT2D eigenvalue weighted by molar-refractivity contribution is -0.125. The van der Waals surface area contributed by atoms with Crippen LogP contribution in [0.3, 0.4) is 0 Å². The molecule has 0 saturated carbocycles. The van der Waals surface area contributed by atoms with Crippen molar-refractivity contribution in [2.24, 2.45) is 0 Å². The van der Waals surface area contributed by atoms with E-state index in [1.165, 1.54) is 27.7 Å². The number of halogens is 2. The molecule has 3 N–H and O–H groups in total. The number of fused-ring (bicyclic) bond motifs is 1. The Labute approximate surface area is 210 Å². The number of pyridine rings is 2. The monoisotopic (exact) mass is 558 g/mol. The first kappa shape index (κ1) is 23.0. The number of aromatic nitrogens is 5. The number of hydroxylamine groups is 1. The maximum Gasteiger partial charge on any atom is 0.274 e. The van der Waals surface area contributed by atoms with Gasteiger partial charge < -0.3 is 10.6 Å². The zero-order chi connectivity index (χ0) is 24.7. The Morgan fingerprint density at radius 2 is 2.09 bits per heavy atom. The van der Waals surface area contributed by atoms with E-state index in [4.69, 9.17) is 16.4 Å². The number of carbonyl (C=O) groups is 3. The summed E-state index contributed by atoms with van der Waals surface area (Å²) in [5.74, 6) is -1.41. The molecule has 0 radical (unpaired) electrons. The third-order valence-electron chi connectivity index (χ3n) is 5.23. The standard InChI is InChI=1S/C21H16BrClN8O4/c1-10-7-11-4-6-25-30(11)17(21(34)26-13-9-35-29-19(13)32)16(10)27-20(33)14-8-15(22)28-31(14)18-12(23)3-2-5-24-18/h2-8,13H,9H2,1H3,(H,26,34)(H,27,33)(H,29,32). The summed E-state index contributed by atoms with van der Waals surface area (Å²) in [4.78, 5) is 47.7. The summed E-state index contributed by atoms with van der Waals surface area (Å²) in [6.45, 7) is 1.71. The van der Waals surface area contributed by atoms with Gasteiger partial charge in [-0.3, -0.25) is 19.2 Å². The quantitative estimate of drug-likeness (QED) is 0.339. The molecule has 0 aliphatic carbocycles. The molecule has 1 fully saturated rings. The summed E-state index contributed by atoms with van der Waals surface area (Å²) in [5.41, 5.74) is 3.79. The first-order valence-corrected chi connectivity index (χ1v) is 11.4. The van der Waals surface area contributed by atoms with E-state index in [9.17, 15) is 14.4 Å². The Morgan fingerprint density at radius 3 is 2.83 bits per heavy atom. The van der Waals surface area contributed by atoms with Crippen LogP contribution in [0.25, 0.3) is 11.3 Å². The summed E-state index contributed by atoms with van der Waals surface area (Å²) >= 11 is 9.55. The van der Waals surface area contributed by atoms with E-state index in [-0.39, 0.29) is 29.5 Å². The maximum absolute atomic E-state index is 13.4. The molecule has 1 unspecified atom stereocenters. The molecular formula is C21H16BrClN8O4. The zero-order valence-electron chi connectivity index (χ0n) is 18.0. The zero-order valence-corrected chi connectivity index (χ0v) is 20.3. The molecule has 12 nitrogen and oxygen atoms in total. The highest BCUT2D eigenvalue weighted by atomic mass is 79.9. The van der Waals surface area contributed by atoms with Crippen molar-refractivity contribution in [2.75, 3.05) is 11.9 Å². The fraction of sp³-hybridized carbons (Fsp3) is 0.143. The van der Waals surface area contributed by atoms with Crippen molar-refractivity contribution >= 4 is 56.5 Å². The van der Waals surface area contributed by atoms with E-state index in [1.54, 1.807) is 31.2 Å². The van der Waals surface area contributed by atoms with Crippen molar-refractivity contribution in [1.82, 2.24) is 35.2 Å². The number of rotatable bonds is 5. The Kier molecular flexibility index (Phi) is 5.96. The molecule has 35 heavy (non-hydrogen) atoms. The van der Waals surface area contributed by atoms with Crippen molar-refractivity contribution in [3.63, 3.8) is 0 Å². The van der Waals surface area contributed by atoms with Crippen LogP contribution in [-0.2, 0) is 9.63 Å². The third-order valence-corrected chi connectivity index (χ3v) is 5.91. The van der Waals surface area contributed by atoms with Crippen molar-refractivity contribution in [3.05, 3.63) is 69.3 Å². The fourth-order valence-electron chi connectivity index (χ4n) is 3.63. The summed E-state index contributed by atoms with van der Waals surface area (Å²) in [5, 5.41) is 14.2. The van der Waals surface area contributed by atoms with Crippen LogP contribution < -0.4 is 16.1 Å². The molecular weight excluding hydrogens is 544 g/mol. The van der Waals surface area contributed by atoms with Gasteiger partial charge in [0, 0.05) is 12.3 Å². The highest BCUT2D eigenvalue weighted by Gasteiger charge is 2.30. The second-order valence-electron chi connectivity index (χ2n) is 7.55. The van der Waals surface area contributed by atoms with Gasteiger partial charge in [-0.15, -0.1) is 0 Å². The van der Waals surface area contributed by atoms with Crippen molar-refractivity contribution in [2.45, 2.75) is 13.0 Å². The van der Waals surface area contributed by atoms with Gasteiger partial charge in [-0.2, -0.15) is 10.2 Å². The summed E-state index contributed by atoms with van der Waals surface area (Å²) in [6, 6.07) is 7.39. The average Bonchev–Trinajstić information content (AvgIpc) is 3.55. The van der Waals surface area contributed by atoms with Crippen LogP contribution in [0.5, 0.6) is 0 Å². The second kappa shape index (κ2) is 9.09. The Bertz CT molecular complexity index is 1500. The predicted molar refractivity (Wildman–Crippen MR) is 127 cm³/mol. The Hall–Kier alpha value is -3.81. The van der Waals surface area contributed by atoms with Crippen LogP contribution >= 0.6 is 27.5 Å². The molecule has 4 aromatic rings. The number of carbonyl (C=O) groups excluding carboxylic acids is 3. The molecule has 3 amide bonds. The molecule has 1 aliphatic rings. The van der Waals surface area contributed by atoms with Crippen LogP contribution in [0.2, 0.25) is 5.02 Å². The summed E-state index contributed by atoms with van der Waals surface area (Å²) in [6.07, 6.45) is 3.05.